The van der Waals surface area contributed by atoms with Gasteiger partial charge in [-0.25, -0.2) is 0 Å². The van der Waals surface area contributed by atoms with Gasteiger partial charge < -0.3 is 24.8 Å². The average molecular weight is 594 g/mol. The van der Waals surface area contributed by atoms with Crippen molar-refractivity contribution in [2.24, 2.45) is 0 Å². The molecule has 0 saturated carbocycles. The molecule has 0 spiro atoms. The van der Waals surface area contributed by atoms with E-state index in [1.807, 2.05) is 24.3 Å². The SMILES string of the molecule is CC[C@H](C)c1ccc(N(C(=O)CNC(=O)c2cccs2)[C@@H](C(=O)NC[C@H]2CCCO2)c2ccc(OC)c(OC)c2)cc1. The van der Waals surface area contributed by atoms with Gasteiger partial charge in [-0.15, -0.1) is 11.3 Å². The van der Waals surface area contributed by atoms with Gasteiger partial charge in [-0.05, 0) is 72.0 Å². The summed E-state index contributed by atoms with van der Waals surface area (Å²) in [6.45, 7) is 4.95. The Kier molecular flexibility index (Phi) is 11.0. The van der Waals surface area contributed by atoms with Crippen LogP contribution in [-0.4, -0.2) is 57.7 Å². The highest BCUT2D eigenvalue weighted by atomic mass is 32.1. The fourth-order valence-corrected chi connectivity index (χ4v) is 5.57. The van der Waals surface area contributed by atoms with Crippen LogP contribution in [0.5, 0.6) is 11.5 Å². The summed E-state index contributed by atoms with van der Waals surface area (Å²) < 4.78 is 16.7. The summed E-state index contributed by atoms with van der Waals surface area (Å²) in [6, 6.07) is 15.2. The molecule has 9 nitrogen and oxygen atoms in total. The lowest BCUT2D eigenvalue weighted by atomic mass is 9.97. The minimum absolute atomic E-state index is 0.0796. The Balaban J connectivity index is 1.73. The van der Waals surface area contributed by atoms with E-state index in [2.05, 4.69) is 24.5 Å². The number of rotatable bonds is 13. The summed E-state index contributed by atoms with van der Waals surface area (Å²) in [6.07, 6.45) is 2.69. The summed E-state index contributed by atoms with van der Waals surface area (Å²) >= 11 is 1.29. The molecule has 0 unspecified atom stereocenters. The Bertz CT molecular complexity index is 1340. The molecule has 2 N–H and O–H groups in total. The molecular weight excluding hydrogens is 554 g/mol. The number of thiophene rings is 1. The quantitative estimate of drug-likeness (QED) is 0.286. The second-order valence-corrected chi connectivity index (χ2v) is 11.2. The van der Waals surface area contributed by atoms with Gasteiger partial charge in [0.05, 0.1) is 31.7 Å². The highest BCUT2D eigenvalue weighted by Gasteiger charge is 2.34. The van der Waals surface area contributed by atoms with Gasteiger partial charge >= 0.3 is 0 Å². The Labute approximate surface area is 251 Å². The third-order valence-corrected chi connectivity index (χ3v) is 8.39. The summed E-state index contributed by atoms with van der Waals surface area (Å²) in [7, 11) is 3.05. The predicted octanol–water partition coefficient (Wildman–Crippen LogP) is 5.08. The van der Waals surface area contributed by atoms with E-state index in [9.17, 15) is 14.4 Å². The number of carbonyl (C=O) groups is 3. The van der Waals surface area contributed by atoms with E-state index in [0.717, 1.165) is 24.8 Å². The van der Waals surface area contributed by atoms with E-state index in [1.165, 1.54) is 30.5 Å². The van der Waals surface area contributed by atoms with Crippen LogP contribution in [0.15, 0.2) is 60.0 Å². The van der Waals surface area contributed by atoms with Crippen molar-refractivity contribution in [3.63, 3.8) is 0 Å². The highest BCUT2D eigenvalue weighted by Crippen LogP contribution is 2.35. The molecule has 224 valence electrons. The van der Waals surface area contributed by atoms with Crippen LogP contribution in [0.4, 0.5) is 5.69 Å². The van der Waals surface area contributed by atoms with Crippen molar-refractivity contribution in [1.29, 1.82) is 0 Å². The number of benzene rings is 2. The molecule has 0 bridgehead atoms. The molecule has 1 fully saturated rings. The van der Waals surface area contributed by atoms with Gasteiger partial charge in [-0.1, -0.05) is 38.1 Å². The van der Waals surface area contributed by atoms with E-state index < -0.39 is 11.9 Å². The van der Waals surface area contributed by atoms with E-state index in [-0.39, 0.29) is 24.5 Å². The molecule has 1 aliphatic heterocycles. The highest BCUT2D eigenvalue weighted by molar-refractivity contribution is 7.12. The zero-order valence-corrected chi connectivity index (χ0v) is 25.4. The first kappa shape index (κ1) is 31.1. The number of ether oxygens (including phenoxy) is 3. The Morgan fingerprint density at radius 3 is 2.38 bits per heavy atom. The van der Waals surface area contributed by atoms with Crippen LogP contribution in [0, 0.1) is 0 Å². The standard InChI is InChI=1S/C32H39N3O6S/c1-5-21(2)22-10-13-24(14-11-22)35(29(36)20-34-31(37)28-9-7-17-42-28)30(32(38)33-19-25-8-6-16-41-25)23-12-15-26(39-3)27(18-23)40-4/h7,9-15,17-18,21,25,30H,5-6,8,16,19-20H2,1-4H3,(H,33,38)(H,34,37)/t21-,25+,30+/m0/s1. The molecule has 4 rings (SSSR count). The van der Waals surface area contributed by atoms with Gasteiger partial charge in [0.1, 0.15) is 6.04 Å². The van der Waals surface area contributed by atoms with Crippen molar-refractivity contribution in [2.45, 2.75) is 51.2 Å². The number of methoxy groups -OCH3 is 2. The number of hydrogen-bond donors (Lipinski definition) is 2. The monoisotopic (exact) mass is 593 g/mol. The molecular formula is C32H39N3O6S. The second kappa shape index (κ2) is 14.8. The number of hydrogen-bond acceptors (Lipinski definition) is 7. The summed E-state index contributed by atoms with van der Waals surface area (Å²) in [5.74, 6) is 0.0988. The number of amides is 3. The van der Waals surface area contributed by atoms with E-state index >= 15 is 0 Å². The lowest BCUT2D eigenvalue weighted by molar-refractivity contribution is -0.126. The zero-order chi connectivity index (χ0) is 30.1. The fourth-order valence-electron chi connectivity index (χ4n) is 4.93. The van der Waals surface area contributed by atoms with E-state index in [0.29, 0.717) is 46.7 Å². The summed E-state index contributed by atoms with van der Waals surface area (Å²) in [5, 5.41) is 7.52. The molecule has 2 aromatic carbocycles. The number of nitrogens with zero attached hydrogens (tertiary/aromatic N) is 1. The molecule has 1 aromatic heterocycles. The molecule has 0 radical (unpaired) electrons. The van der Waals surface area contributed by atoms with Crippen LogP contribution in [0.3, 0.4) is 0 Å². The topological polar surface area (TPSA) is 106 Å². The van der Waals surface area contributed by atoms with Gasteiger partial charge in [0.25, 0.3) is 5.91 Å². The van der Waals surface area contributed by atoms with Crippen molar-refractivity contribution in [2.75, 3.05) is 38.8 Å². The Hall–Kier alpha value is -3.89. The minimum atomic E-state index is -1.06. The maximum atomic E-state index is 14.0. The molecule has 42 heavy (non-hydrogen) atoms. The van der Waals surface area contributed by atoms with Crippen molar-refractivity contribution >= 4 is 34.7 Å². The van der Waals surface area contributed by atoms with E-state index in [4.69, 9.17) is 14.2 Å². The summed E-state index contributed by atoms with van der Waals surface area (Å²) in [5.41, 5.74) is 2.19. The van der Waals surface area contributed by atoms with Crippen molar-refractivity contribution < 1.29 is 28.6 Å². The molecule has 1 saturated heterocycles. The van der Waals surface area contributed by atoms with Crippen molar-refractivity contribution in [1.82, 2.24) is 10.6 Å². The van der Waals surface area contributed by atoms with Crippen LogP contribution in [0.1, 0.15) is 65.9 Å². The molecule has 2 heterocycles. The van der Waals surface area contributed by atoms with Gasteiger partial charge in [-0.3, -0.25) is 19.3 Å². The van der Waals surface area contributed by atoms with Crippen molar-refractivity contribution in [3.8, 4) is 11.5 Å². The minimum Gasteiger partial charge on any atom is -0.493 e. The fraction of sp³-hybridized carbons (Fsp3) is 0.406. The normalized spacial score (nSPS) is 15.9. The average Bonchev–Trinajstić information content (AvgIpc) is 3.76. The molecule has 10 heteroatoms. The molecule has 3 amide bonds. The van der Waals surface area contributed by atoms with Crippen LogP contribution in [0.25, 0.3) is 0 Å². The molecule has 0 aliphatic carbocycles. The first-order chi connectivity index (χ1) is 20.4. The molecule has 1 aliphatic rings. The van der Waals surface area contributed by atoms with Gasteiger partial charge in [0.15, 0.2) is 11.5 Å². The van der Waals surface area contributed by atoms with Crippen LogP contribution < -0.4 is 25.0 Å². The van der Waals surface area contributed by atoms with Crippen LogP contribution >= 0.6 is 11.3 Å². The number of anilines is 1. The van der Waals surface area contributed by atoms with Crippen molar-refractivity contribution in [3.05, 3.63) is 76.0 Å². The first-order valence-corrected chi connectivity index (χ1v) is 15.1. The maximum absolute atomic E-state index is 14.0. The number of nitrogens with one attached hydrogen (secondary N) is 2. The van der Waals surface area contributed by atoms with Gasteiger partial charge in [0, 0.05) is 18.8 Å². The lowest BCUT2D eigenvalue weighted by Crippen LogP contribution is -2.48. The van der Waals surface area contributed by atoms with Crippen LogP contribution in [0.2, 0.25) is 0 Å². The first-order valence-electron chi connectivity index (χ1n) is 14.2. The van der Waals surface area contributed by atoms with Gasteiger partial charge in [-0.2, -0.15) is 0 Å². The number of carbonyl (C=O) groups excluding carboxylic acids is 3. The zero-order valence-electron chi connectivity index (χ0n) is 24.6. The second-order valence-electron chi connectivity index (χ2n) is 10.2. The lowest BCUT2D eigenvalue weighted by Gasteiger charge is -2.32. The third-order valence-electron chi connectivity index (χ3n) is 7.52. The largest absolute Gasteiger partial charge is 0.493 e. The van der Waals surface area contributed by atoms with E-state index in [1.54, 1.807) is 35.7 Å². The van der Waals surface area contributed by atoms with Crippen LogP contribution in [-0.2, 0) is 14.3 Å². The molecule has 3 atom stereocenters. The predicted molar refractivity (Wildman–Crippen MR) is 164 cm³/mol. The summed E-state index contributed by atoms with van der Waals surface area (Å²) in [4.78, 5) is 42.7. The molecule has 3 aromatic rings. The Morgan fingerprint density at radius 1 is 1.02 bits per heavy atom. The Morgan fingerprint density at radius 2 is 1.76 bits per heavy atom. The smallest absolute Gasteiger partial charge is 0.261 e. The third kappa shape index (κ3) is 7.49. The van der Waals surface area contributed by atoms with Gasteiger partial charge in [0.2, 0.25) is 11.8 Å². The maximum Gasteiger partial charge on any atom is 0.261 e.